The molecular weight excluding hydrogens is 138 g/mol. The predicted molar refractivity (Wildman–Crippen MR) is 32.6 cm³/mol. The first-order valence-electron chi connectivity index (χ1n) is 3.02. The molecule has 1 rings (SSSR count). The summed E-state index contributed by atoms with van der Waals surface area (Å²) in [6.07, 6.45) is -1.03. The first-order valence-corrected chi connectivity index (χ1v) is 3.02. The summed E-state index contributed by atoms with van der Waals surface area (Å²) in [5, 5.41) is 9.09. The van der Waals surface area contributed by atoms with Gasteiger partial charge in [-0.15, -0.1) is 5.92 Å². The van der Waals surface area contributed by atoms with Crippen LogP contribution in [0, 0.1) is 11.8 Å². The van der Waals surface area contributed by atoms with Crippen LogP contribution in [0.25, 0.3) is 0 Å². The Balaban J connectivity index is 2.55. The van der Waals surface area contributed by atoms with Gasteiger partial charge in [-0.25, -0.2) is 8.78 Å². The van der Waals surface area contributed by atoms with Gasteiger partial charge in [-0.1, -0.05) is 5.92 Å². The van der Waals surface area contributed by atoms with Crippen molar-refractivity contribution in [3.63, 3.8) is 0 Å². The molecule has 0 unspecified atom stereocenters. The zero-order chi connectivity index (χ0) is 7.83. The molecule has 0 aliphatic heterocycles. The number of alkyl halides is 2. The number of hydrogen-bond donors (Lipinski definition) is 1. The zero-order valence-corrected chi connectivity index (χ0v) is 5.62. The fourth-order valence-corrected chi connectivity index (χ4v) is 1.13. The molecule has 0 atom stereocenters. The molecule has 0 aromatic carbocycles. The average Bonchev–Trinajstić information content (AvgIpc) is 1.58. The van der Waals surface area contributed by atoms with Gasteiger partial charge in [0, 0.05) is 0 Å². The zero-order valence-electron chi connectivity index (χ0n) is 5.62. The molecule has 3 heteroatoms. The molecule has 0 spiro atoms. The Morgan fingerprint density at radius 3 is 2.20 bits per heavy atom. The summed E-state index contributed by atoms with van der Waals surface area (Å²) in [6, 6.07) is 0. The standard InChI is InChI=1S/C7H8F2O/c1-2-3-6(10)4-7(8,9)5-6/h10H,4-5H2,1H3. The Kier molecular flexibility index (Phi) is 1.44. The third-order valence-electron chi connectivity index (χ3n) is 1.46. The third kappa shape index (κ3) is 1.27. The lowest BCUT2D eigenvalue weighted by molar-refractivity contribution is -0.176. The molecule has 0 heterocycles. The van der Waals surface area contributed by atoms with E-state index in [1.54, 1.807) is 0 Å². The van der Waals surface area contributed by atoms with E-state index in [0.717, 1.165) is 0 Å². The van der Waals surface area contributed by atoms with Gasteiger partial charge in [0.1, 0.15) is 5.60 Å². The van der Waals surface area contributed by atoms with Gasteiger partial charge in [-0.05, 0) is 6.92 Å². The van der Waals surface area contributed by atoms with Crippen molar-refractivity contribution in [1.82, 2.24) is 0 Å². The Hall–Kier alpha value is -0.620. The molecule has 1 N–H and O–H groups in total. The topological polar surface area (TPSA) is 20.2 Å². The van der Waals surface area contributed by atoms with E-state index in [2.05, 4.69) is 11.8 Å². The Morgan fingerprint density at radius 1 is 1.40 bits per heavy atom. The Morgan fingerprint density at radius 2 is 1.90 bits per heavy atom. The first kappa shape index (κ1) is 7.49. The van der Waals surface area contributed by atoms with Crippen molar-refractivity contribution in [1.29, 1.82) is 0 Å². The van der Waals surface area contributed by atoms with Crippen molar-refractivity contribution < 1.29 is 13.9 Å². The Labute approximate surface area is 58.0 Å². The first-order chi connectivity index (χ1) is 4.47. The van der Waals surface area contributed by atoms with Crippen LogP contribution in [0.1, 0.15) is 19.8 Å². The minimum atomic E-state index is -2.70. The molecule has 0 bridgehead atoms. The SMILES string of the molecule is CC#CC1(O)CC(F)(F)C1. The fourth-order valence-electron chi connectivity index (χ4n) is 1.13. The van der Waals surface area contributed by atoms with Crippen LogP contribution in [0.3, 0.4) is 0 Å². The summed E-state index contributed by atoms with van der Waals surface area (Å²) < 4.78 is 24.3. The molecule has 1 aliphatic rings. The highest BCUT2D eigenvalue weighted by atomic mass is 19.3. The summed E-state index contributed by atoms with van der Waals surface area (Å²) in [7, 11) is 0. The average molecular weight is 146 g/mol. The van der Waals surface area contributed by atoms with Crippen molar-refractivity contribution in [2.75, 3.05) is 0 Å². The summed E-state index contributed by atoms with van der Waals surface area (Å²) in [5.41, 5.74) is -1.40. The van der Waals surface area contributed by atoms with Gasteiger partial charge in [-0.3, -0.25) is 0 Å². The maximum atomic E-state index is 12.1. The van der Waals surface area contributed by atoms with Crippen LogP contribution in [0.5, 0.6) is 0 Å². The lowest BCUT2D eigenvalue weighted by atomic mass is 9.77. The van der Waals surface area contributed by atoms with Crippen LogP contribution >= 0.6 is 0 Å². The largest absolute Gasteiger partial charge is 0.377 e. The van der Waals surface area contributed by atoms with Gasteiger partial charge >= 0.3 is 0 Å². The summed E-state index contributed by atoms with van der Waals surface area (Å²) >= 11 is 0. The summed E-state index contributed by atoms with van der Waals surface area (Å²) in [4.78, 5) is 0. The van der Waals surface area contributed by atoms with E-state index in [1.807, 2.05) is 0 Å². The molecule has 1 fully saturated rings. The van der Waals surface area contributed by atoms with Crippen molar-refractivity contribution in [3.05, 3.63) is 0 Å². The van der Waals surface area contributed by atoms with E-state index in [-0.39, 0.29) is 0 Å². The van der Waals surface area contributed by atoms with Crippen molar-refractivity contribution in [3.8, 4) is 11.8 Å². The number of rotatable bonds is 0. The van der Waals surface area contributed by atoms with Gasteiger partial charge in [0.25, 0.3) is 5.92 Å². The van der Waals surface area contributed by atoms with E-state index >= 15 is 0 Å². The molecule has 1 nitrogen and oxygen atoms in total. The minimum Gasteiger partial charge on any atom is -0.377 e. The van der Waals surface area contributed by atoms with E-state index < -0.39 is 24.4 Å². The smallest absolute Gasteiger partial charge is 0.255 e. The number of aliphatic hydroxyl groups is 1. The predicted octanol–water partition coefficient (Wildman–Crippen LogP) is 1.17. The molecule has 0 aromatic rings. The van der Waals surface area contributed by atoms with Gasteiger partial charge in [-0.2, -0.15) is 0 Å². The molecule has 0 radical (unpaired) electrons. The molecule has 0 saturated heterocycles. The fraction of sp³-hybridized carbons (Fsp3) is 0.714. The van der Waals surface area contributed by atoms with E-state index in [4.69, 9.17) is 5.11 Å². The maximum absolute atomic E-state index is 12.1. The van der Waals surface area contributed by atoms with Crippen LogP contribution in [-0.2, 0) is 0 Å². The normalized spacial score (nSPS) is 26.0. The quantitative estimate of drug-likeness (QED) is 0.508. The molecule has 1 saturated carbocycles. The third-order valence-corrected chi connectivity index (χ3v) is 1.46. The van der Waals surface area contributed by atoms with Crippen LogP contribution < -0.4 is 0 Å². The van der Waals surface area contributed by atoms with Crippen LogP contribution in [-0.4, -0.2) is 16.6 Å². The van der Waals surface area contributed by atoms with Gasteiger partial charge in [0.2, 0.25) is 0 Å². The van der Waals surface area contributed by atoms with Crippen molar-refractivity contribution in [2.45, 2.75) is 31.3 Å². The molecule has 0 aromatic heterocycles. The number of halogens is 2. The minimum absolute atomic E-state index is 0.513. The highest BCUT2D eigenvalue weighted by molar-refractivity contribution is 5.20. The molecule has 56 valence electrons. The second-order valence-electron chi connectivity index (χ2n) is 2.62. The van der Waals surface area contributed by atoms with Crippen LogP contribution in [0.15, 0.2) is 0 Å². The highest BCUT2D eigenvalue weighted by Crippen LogP contribution is 2.44. The van der Waals surface area contributed by atoms with E-state index in [9.17, 15) is 8.78 Å². The molecule has 1 aliphatic carbocycles. The summed E-state index contributed by atoms with van der Waals surface area (Å²) in [5.74, 6) is 2.06. The Bertz CT molecular complexity index is 191. The second kappa shape index (κ2) is 1.93. The lowest BCUT2D eigenvalue weighted by Gasteiger charge is -2.39. The second-order valence-corrected chi connectivity index (χ2v) is 2.62. The maximum Gasteiger partial charge on any atom is 0.255 e. The van der Waals surface area contributed by atoms with E-state index in [1.165, 1.54) is 6.92 Å². The monoisotopic (exact) mass is 146 g/mol. The van der Waals surface area contributed by atoms with Crippen molar-refractivity contribution in [2.24, 2.45) is 0 Å². The van der Waals surface area contributed by atoms with Gasteiger partial charge < -0.3 is 5.11 Å². The van der Waals surface area contributed by atoms with Crippen LogP contribution in [0.2, 0.25) is 0 Å². The molecule has 10 heavy (non-hydrogen) atoms. The van der Waals surface area contributed by atoms with E-state index in [0.29, 0.717) is 0 Å². The molecular formula is C7H8F2O. The van der Waals surface area contributed by atoms with Crippen molar-refractivity contribution >= 4 is 0 Å². The van der Waals surface area contributed by atoms with Gasteiger partial charge in [0.15, 0.2) is 0 Å². The lowest BCUT2D eigenvalue weighted by Crippen LogP contribution is -2.50. The van der Waals surface area contributed by atoms with Crippen LogP contribution in [0.4, 0.5) is 8.78 Å². The highest BCUT2D eigenvalue weighted by Gasteiger charge is 2.55. The van der Waals surface area contributed by atoms with Gasteiger partial charge in [0.05, 0.1) is 12.8 Å². The number of hydrogen-bond acceptors (Lipinski definition) is 1. The summed E-state index contributed by atoms with van der Waals surface area (Å²) in [6.45, 7) is 1.52. The molecule has 0 amide bonds.